The van der Waals surface area contributed by atoms with Gasteiger partial charge in [0.2, 0.25) is 0 Å². The Kier molecular flexibility index (Phi) is 5.88. The smallest absolute Gasteiger partial charge is 0.137 e. The fourth-order valence-electron chi connectivity index (χ4n) is 2.50. The van der Waals surface area contributed by atoms with Crippen LogP contribution in [0.5, 0.6) is 0 Å². The van der Waals surface area contributed by atoms with E-state index in [1.54, 1.807) is 18.2 Å². The highest BCUT2D eigenvalue weighted by Gasteiger charge is 2.12. The minimum atomic E-state index is -0.256. The van der Waals surface area contributed by atoms with E-state index in [9.17, 15) is 8.78 Å². The summed E-state index contributed by atoms with van der Waals surface area (Å²) in [5.41, 5.74) is 2.05. The van der Waals surface area contributed by atoms with Crippen LogP contribution in [0.15, 0.2) is 46.9 Å². The van der Waals surface area contributed by atoms with Crippen molar-refractivity contribution in [2.24, 2.45) is 5.92 Å². The Morgan fingerprint density at radius 1 is 1.05 bits per heavy atom. The predicted molar refractivity (Wildman–Crippen MR) is 85.3 cm³/mol. The molecule has 0 bridgehead atoms. The summed E-state index contributed by atoms with van der Waals surface area (Å²) in [6.07, 6.45) is 1.60. The molecule has 1 nitrogen and oxygen atoms in total. The molecule has 2 aromatic carbocycles. The molecule has 0 aliphatic carbocycles. The highest BCUT2D eigenvalue weighted by molar-refractivity contribution is 9.10. The van der Waals surface area contributed by atoms with E-state index in [0.717, 1.165) is 30.5 Å². The summed E-state index contributed by atoms with van der Waals surface area (Å²) in [7, 11) is 1.90. The third-order valence-electron chi connectivity index (χ3n) is 3.41. The highest BCUT2D eigenvalue weighted by atomic mass is 79.9. The SMILES string of the molecule is CNCC(Cc1cccc(F)c1)Cc1ccc(F)c(Br)c1. The van der Waals surface area contributed by atoms with Gasteiger partial charge in [0.15, 0.2) is 0 Å². The van der Waals surface area contributed by atoms with Crippen LogP contribution in [0.2, 0.25) is 0 Å². The maximum atomic E-state index is 13.3. The van der Waals surface area contributed by atoms with Gasteiger partial charge in [-0.2, -0.15) is 0 Å². The van der Waals surface area contributed by atoms with Crippen LogP contribution in [0.3, 0.4) is 0 Å². The van der Waals surface area contributed by atoms with Crippen LogP contribution in [0.1, 0.15) is 11.1 Å². The first-order valence-electron chi connectivity index (χ1n) is 6.91. The van der Waals surface area contributed by atoms with Crippen molar-refractivity contribution in [1.82, 2.24) is 5.32 Å². The summed E-state index contributed by atoms with van der Waals surface area (Å²) in [5, 5.41) is 3.17. The fourth-order valence-corrected chi connectivity index (χ4v) is 2.93. The van der Waals surface area contributed by atoms with Crippen LogP contribution in [0.25, 0.3) is 0 Å². The average molecular weight is 354 g/mol. The number of benzene rings is 2. The second-order valence-electron chi connectivity index (χ2n) is 5.21. The quantitative estimate of drug-likeness (QED) is 0.813. The fraction of sp³-hybridized carbons (Fsp3) is 0.294. The molecule has 0 aromatic heterocycles. The van der Waals surface area contributed by atoms with E-state index in [4.69, 9.17) is 0 Å². The minimum Gasteiger partial charge on any atom is -0.319 e. The summed E-state index contributed by atoms with van der Waals surface area (Å²) >= 11 is 3.21. The molecule has 0 spiro atoms. The van der Waals surface area contributed by atoms with Gasteiger partial charge < -0.3 is 5.32 Å². The molecule has 0 saturated carbocycles. The Balaban J connectivity index is 2.09. The lowest BCUT2D eigenvalue weighted by Gasteiger charge is -2.17. The Bertz CT molecular complexity index is 601. The average Bonchev–Trinajstić information content (AvgIpc) is 2.43. The molecule has 0 radical (unpaired) electrons. The van der Waals surface area contributed by atoms with Gasteiger partial charge in [0.1, 0.15) is 11.6 Å². The second kappa shape index (κ2) is 7.66. The molecule has 4 heteroatoms. The second-order valence-corrected chi connectivity index (χ2v) is 6.06. The van der Waals surface area contributed by atoms with E-state index < -0.39 is 0 Å². The molecular weight excluding hydrogens is 336 g/mol. The van der Waals surface area contributed by atoms with Crippen molar-refractivity contribution in [3.05, 3.63) is 69.7 Å². The number of halogens is 3. The van der Waals surface area contributed by atoms with Crippen LogP contribution in [-0.4, -0.2) is 13.6 Å². The molecule has 1 unspecified atom stereocenters. The molecule has 0 aliphatic heterocycles. The summed E-state index contributed by atoms with van der Waals surface area (Å²) < 4.78 is 27.0. The van der Waals surface area contributed by atoms with Crippen molar-refractivity contribution in [3.8, 4) is 0 Å². The van der Waals surface area contributed by atoms with Crippen molar-refractivity contribution in [3.63, 3.8) is 0 Å². The van der Waals surface area contributed by atoms with Gasteiger partial charge in [-0.15, -0.1) is 0 Å². The van der Waals surface area contributed by atoms with Gasteiger partial charge in [-0.3, -0.25) is 0 Å². The molecule has 1 N–H and O–H groups in total. The zero-order valence-corrected chi connectivity index (χ0v) is 13.5. The van der Waals surface area contributed by atoms with Crippen molar-refractivity contribution in [2.45, 2.75) is 12.8 Å². The molecule has 1 atom stereocenters. The first-order chi connectivity index (χ1) is 10.1. The number of hydrogen-bond acceptors (Lipinski definition) is 1. The van der Waals surface area contributed by atoms with Crippen molar-refractivity contribution < 1.29 is 8.78 Å². The molecule has 0 amide bonds. The van der Waals surface area contributed by atoms with Crippen molar-refractivity contribution >= 4 is 15.9 Å². The molecule has 0 saturated heterocycles. The summed E-state index contributed by atoms with van der Waals surface area (Å²) in [4.78, 5) is 0. The molecule has 2 aromatic rings. The van der Waals surface area contributed by atoms with Gasteiger partial charge in [-0.05, 0) is 83.7 Å². The van der Waals surface area contributed by atoms with Crippen LogP contribution in [-0.2, 0) is 12.8 Å². The Morgan fingerprint density at radius 2 is 1.76 bits per heavy atom. The molecule has 0 fully saturated rings. The zero-order chi connectivity index (χ0) is 15.2. The molecule has 2 rings (SSSR count). The van der Waals surface area contributed by atoms with Gasteiger partial charge >= 0.3 is 0 Å². The van der Waals surface area contributed by atoms with E-state index in [1.165, 1.54) is 12.1 Å². The van der Waals surface area contributed by atoms with Gasteiger partial charge in [-0.1, -0.05) is 18.2 Å². The molecule has 112 valence electrons. The minimum absolute atomic E-state index is 0.208. The van der Waals surface area contributed by atoms with Crippen molar-refractivity contribution in [2.75, 3.05) is 13.6 Å². The van der Waals surface area contributed by atoms with E-state index in [2.05, 4.69) is 21.2 Å². The van der Waals surface area contributed by atoms with E-state index in [0.29, 0.717) is 10.4 Å². The van der Waals surface area contributed by atoms with Crippen LogP contribution in [0.4, 0.5) is 8.78 Å². The monoisotopic (exact) mass is 353 g/mol. The van der Waals surface area contributed by atoms with E-state index in [1.807, 2.05) is 19.2 Å². The number of hydrogen-bond donors (Lipinski definition) is 1. The van der Waals surface area contributed by atoms with Crippen LogP contribution in [0, 0.1) is 17.6 Å². The Hall–Kier alpha value is -1.26. The number of rotatable bonds is 6. The molecule has 0 heterocycles. The van der Waals surface area contributed by atoms with E-state index >= 15 is 0 Å². The largest absolute Gasteiger partial charge is 0.319 e. The Labute approximate surface area is 132 Å². The van der Waals surface area contributed by atoms with Crippen molar-refractivity contribution in [1.29, 1.82) is 0 Å². The zero-order valence-electron chi connectivity index (χ0n) is 11.9. The Morgan fingerprint density at radius 3 is 2.38 bits per heavy atom. The highest BCUT2D eigenvalue weighted by Crippen LogP contribution is 2.20. The summed E-state index contributed by atoms with van der Waals surface area (Å²) in [5.74, 6) is -0.136. The van der Waals surface area contributed by atoms with Gasteiger partial charge in [0.05, 0.1) is 4.47 Å². The molecular formula is C17H18BrF2N. The molecule has 0 aliphatic rings. The standard InChI is InChI=1S/C17H18BrF2N/c1-21-11-14(7-12-3-2-4-15(19)9-12)8-13-5-6-17(20)16(18)10-13/h2-6,9-10,14,21H,7-8,11H2,1H3. The normalized spacial score (nSPS) is 12.4. The molecule has 21 heavy (non-hydrogen) atoms. The first-order valence-corrected chi connectivity index (χ1v) is 7.70. The third kappa shape index (κ3) is 4.90. The van der Waals surface area contributed by atoms with Gasteiger partial charge in [0.25, 0.3) is 0 Å². The third-order valence-corrected chi connectivity index (χ3v) is 4.02. The van der Waals surface area contributed by atoms with Gasteiger partial charge in [-0.25, -0.2) is 8.78 Å². The first kappa shape index (κ1) is 16.1. The summed E-state index contributed by atoms with van der Waals surface area (Å²) in [6, 6.07) is 11.8. The number of nitrogens with one attached hydrogen (secondary N) is 1. The summed E-state index contributed by atoms with van der Waals surface area (Å²) in [6.45, 7) is 0.825. The predicted octanol–water partition coefficient (Wildman–Crippen LogP) is 4.35. The lowest BCUT2D eigenvalue weighted by molar-refractivity contribution is 0.491. The van der Waals surface area contributed by atoms with E-state index in [-0.39, 0.29) is 11.6 Å². The van der Waals surface area contributed by atoms with Crippen LogP contribution < -0.4 is 5.32 Å². The topological polar surface area (TPSA) is 12.0 Å². The lowest BCUT2D eigenvalue weighted by atomic mass is 9.92. The van der Waals surface area contributed by atoms with Gasteiger partial charge in [0, 0.05) is 0 Å². The lowest BCUT2D eigenvalue weighted by Crippen LogP contribution is -2.22. The van der Waals surface area contributed by atoms with Crippen LogP contribution >= 0.6 is 15.9 Å². The maximum Gasteiger partial charge on any atom is 0.137 e. The maximum absolute atomic E-state index is 13.3.